The number of rotatable bonds is 5. The van der Waals surface area contributed by atoms with Gasteiger partial charge in [-0.15, -0.1) is 0 Å². The molecule has 0 spiro atoms. The first kappa shape index (κ1) is 11.9. The summed E-state index contributed by atoms with van der Waals surface area (Å²) in [6.45, 7) is 7.15. The zero-order valence-electron chi connectivity index (χ0n) is 8.17. The molecule has 76 valence electrons. The van der Waals surface area contributed by atoms with Crippen molar-refractivity contribution in [3.63, 3.8) is 0 Å². The van der Waals surface area contributed by atoms with Crippen molar-refractivity contribution >= 4 is 11.8 Å². The van der Waals surface area contributed by atoms with Crippen LogP contribution >= 0.6 is 0 Å². The summed E-state index contributed by atoms with van der Waals surface area (Å²) >= 11 is 0. The zero-order valence-corrected chi connectivity index (χ0v) is 8.17. The van der Waals surface area contributed by atoms with Crippen LogP contribution in [0.4, 0.5) is 0 Å². The van der Waals surface area contributed by atoms with E-state index in [1.54, 1.807) is 0 Å². The molecule has 13 heavy (non-hydrogen) atoms. The second-order valence-corrected chi connectivity index (χ2v) is 2.65. The standard InChI is InChI=1S/C8H17N3O2/c1-3-11(4-2)6-5-10-8(13)7(9)12/h3-6H2,1-2H3,(H2,9,12)(H,10,13). The second-order valence-electron chi connectivity index (χ2n) is 2.65. The Balaban J connectivity index is 3.54. The van der Waals surface area contributed by atoms with Gasteiger partial charge in [0.1, 0.15) is 0 Å². The van der Waals surface area contributed by atoms with Crippen molar-refractivity contribution in [2.45, 2.75) is 13.8 Å². The van der Waals surface area contributed by atoms with E-state index in [0.717, 1.165) is 19.6 Å². The third-order valence-electron chi connectivity index (χ3n) is 1.83. The minimum atomic E-state index is -0.931. The Morgan fingerprint density at radius 1 is 1.31 bits per heavy atom. The summed E-state index contributed by atoms with van der Waals surface area (Å²) in [6, 6.07) is 0. The summed E-state index contributed by atoms with van der Waals surface area (Å²) in [4.78, 5) is 23.1. The number of carbonyl (C=O) groups is 2. The summed E-state index contributed by atoms with van der Waals surface area (Å²) in [5.74, 6) is -1.65. The zero-order chi connectivity index (χ0) is 10.3. The highest BCUT2D eigenvalue weighted by Crippen LogP contribution is 1.83. The van der Waals surface area contributed by atoms with Gasteiger partial charge in [0.05, 0.1) is 0 Å². The van der Waals surface area contributed by atoms with Crippen LogP contribution < -0.4 is 11.1 Å². The Hall–Kier alpha value is -1.10. The van der Waals surface area contributed by atoms with Gasteiger partial charge in [-0.25, -0.2) is 0 Å². The molecule has 0 aromatic carbocycles. The predicted molar refractivity (Wildman–Crippen MR) is 50.0 cm³/mol. The highest BCUT2D eigenvalue weighted by molar-refractivity contribution is 6.34. The van der Waals surface area contributed by atoms with E-state index in [9.17, 15) is 9.59 Å². The van der Waals surface area contributed by atoms with Gasteiger partial charge in [0.15, 0.2) is 0 Å². The number of likely N-dealkylation sites (N-methyl/N-ethyl adjacent to an activating group) is 1. The van der Waals surface area contributed by atoms with Crippen molar-refractivity contribution in [1.82, 2.24) is 10.2 Å². The molecule has 3 N–H and O–H groups in total. The van der Waals surface area contributed by atoms with Crippen LogP contribution in [0.1, 0.15) is 13.8 Å². The summed E-state index contributed by atoms with van der Waals surface area (Å²) in [5, 5.41) is 2.43. The average molecular weight is 187 g/mol. The van der Waals surface area contributed by atoms with Gasteiger partial charge in [-0.3, -0.25) is 9.59 Å². The van der Waals surface area contributed by atoms with Gasteiger partial charge in [-0.05, 0) is 13.1 Å². The van der Waals surface area contributed by atoms with Crippen molar-refractivity contribution in [3.8, 4) is 0 Å². The number of nitrogens with one attached hydrogen (secondary N) is 1. The van der Waals surface area contributed by atoms with Crippen LogP contribution in [0, 0.1) is 0 Å². The number of carbonyl (C=O) groups excluding carboxylic acids is 2. The molecule has 0 radical (unpaired) electrons. The predicted octanol–water partition coefficient (Wildman–Crippen LogP) is -1.07. The third kappa shape index (κ3) is 5.19. The van der Waals surface area contributed by atoms with E-state index in [4.69, 9.17) is 5.73 Å². The molecule has 0 saturated heterocycles. The maximum atomic E-state index is 10.7. The molecule has 0 aliphatic heterocycles. The fourth-order valence-electron chi connectivity index (χ4n) is 0.954. The molecule has 0 aromatic rings. The number of nitrogens with zero attached hydrogens (tertiary/aromatic N) is 1. The van der Waals surface area contributed by atoms with Crippen molar-refractivity contribution < 1.29 is 9.59 Å². The summed E-state index contributed by atoms with van der Waals surface area (Å²) in [7, 11) is 0. The van der Waals surface area contributed by atoms with Gasteiger partial charge < -0.3 is 16.0 Å². The molecule has 0 aromatic heterocycles. The summed E-state index contributed by atoms with van der Waals surface area (Å²) in [6.07, 6.45) is 0. The van der Waals surface area contributed by atoms with Gasteiger partial charge in [-0.2, -0.15) is 0 Å². The van der Waals surface area contributed by atoms with E-state index in [0.29, 0.717) is 6.54 Å². The summed E-state index contributed by atoms with van der Waals surface area (Å²) in [5.41, 5.74) is 4.75. The van der Waals surface area contributed by atoms with Gasteiger partial charge in [0.25, 0.3) is 0 Å². The Morgan fingerprint density at radius 2 is 1.85 bits per heavy atom. The fourth-order valence-corrected chi connectivity index (χ4v) is 0.954. The molecule has 0 aliphatic carbocycles. The lowest BCUT2D eigenvalue weighted by molar-refractivity contribution is -0.137. The molecule has 5 heteroatoms. The van der Waals surface area contributed by atoms with Crippen LogP contribution in [-0.4, -0.2) is 42.9 Å². The van der Waals surface area contributed by atoms with E-state index in [-0.39, 0.29) is 0 Å². The quantitative estimate of drug-likeness (QED) is 0.538. The summed E-state index contributed by atoms with van der Waals surface area (Å²) < 4.78 is 0. The van der Waals surface area contributed by atoms with Gasteiger partial charge in [0.2, 0.25) is 0 Å². The highest BCUT2D eigenvalue weighted by Gasteiger charge is 2.07. The molecular weight excluding hydrogens is 170 g/mol. The second kappa shape index (κ2) is 6.42. The minimum absolute atomic E-state index is 0.462. The van der Waals surface area contributed by atoms with E-state index >= 15 is 0 Å². The molecule has 0 unspecified atom stereocenters. The number of nitrogens with two attached hydrogens (primary N) is 1. The van der Waals surface area contributed by atoms with Crippen LogP contribution in [0.5, 0.6) is 0 Å². The maximum Gasteiger partial charge on any atom is 0.309 e. The Bertz CT molecular complexity index is 178. The Kier molecular flexibility index (Phi) is 5.88. The molecule has 2 amide bonds. The fraction of sp³-hybridized carbons (Fsp3) is 0.750. The van der Waals surface area contributed by atoms with Crippen LogP contribution in [0.3, 0.4) is 0 Å². The lowest BCUT2D eigenvalue weighted by atomic mass is 10.4. The molecule has 5 nitrogen and oxygen atoms in total. The molecule has 0 atom stereocenters. The van der Waals surface area contributed by atoms with Crippen LogP contribution in [0.25, 0.3) is 0 Å². The van der Waals surface area contributed by atoms with E-state index in [1.165, 1.54) is 0 Å². The molecule has 0 saturated carbocycles. The molecular formula is C8H17N3O2. The SMILES string of the molecule is CCN(CC)CCNC(=O)C(N)=O. The smallest absolute Gasteiger partial charge is 0.309 e. The van der Waals surface area contributed by atoms with Gasteiger partial charge in [-0.1, -0.05) is 13.8 Å². The number of amides is 2. The normalized spacial score (nSPS) is 10.1. The number of hydrogen-bond donors (Lipinski definition) is 2. The maximum absolute atomic E-state index is 10.7. The van der Waals surface area contributed by atoms with E-state index < -0.39 is 11.8 Å². The largest absolute Gasteiger partial charge is 0.361 e. The lowest BCUT2D eigenvalue weighted by Gasteiger charge is -2.17. The van der Waals surface area contributed by atoms with E-state index in [2.05, 4.69) is 10.2 Å². The Labute approximate surface area is 78.3 Å². The lowest BCUT2D eigenvalue weighted by Crippen LogP contribution is -2.40. The van der Waals surface area contributed by atoms with Crippen LogP contribution in [-0.2, 0) is 9.59 Å². The average Bonchev–Trinajstić information content (AvgIpc) is 2.12. The molecule has 0 bridgehead atoms. The topological polar surface area (TPSA) is 75.4 Å². The van der Waals surface area contributed by atoms with Gasteiger partial charge in [0, 0.05) is 13.1 Å². The first-order chi connectivity index (χ1) is 6.11. The van der Waals surface area contributed by atoms with Crippen molar-refractivity contribution in [2.75, 3.05) is 26.2 Å². The Morgan fingerprint density at radius 3 is 2.23 bits per heavy atom. The van der Waals surface area contributed by atoms with Crippen molar-refractivity contribution in [3.05, 3.63) is 0 Å². The van der Waals surface area contributed by atoms with Crippen molar-refractivity contribution in [2.24, 2.45) is 5.73 Å². The first-order valence-corrected chi connectivity index (χ1v) is 4.41. The van der Waals surface area contributed by atoms with Crippen molar-refractivity contribution in [1.29, 1.82) is 0 Å². The number of primary amides is 1. The molecule has 0 rings (SSSR count). The minimum Gasteiger partial charge on any atom is -0.361 e. The van der Waals surface area contributed by atoms with E-state index in [1.807, 2.05) is 13.8 Å². The molecule has 0 aliphatic rings. The van der Waals surface area contributed by atoms with Crippen LogP contribution in [0.2, 0.25) is 0 Å². The highest BCUT2D eigenvalue weighted by atomic mass is 16.2. The number of hydrogen-bond acceptors (Lipinski definition) is 3. The van der Waals surface area contributed by atoms with Crippen LogP contribution in [0.15, 0.2) is 0 Å². The van der Waals surface area contributed by atoms with Gasteiger partial charge >= 0.3 is 11.8 Å². The third-order valence-corrected chi connectivity index (χ3v) is 1.83. The molecule has 0 heterocycles. The monoisotopic (exact) mass is 187 g/mol. The first-order valence-electron chi connectivity index (χ1n) is 4.41. The molecule has 0 fully saturated rings.